The van der Waals surface area contributed by atoms with Crippen LogP contribution in [-0.4, -0.2) is 0 Å². The summed E-state index contributed by atoms with van der Waals surface area (Å²) in [6, 6.07) is 13.3. The molecule has 88 valence electrons. The molecule has 0 bridgehead atoms. The fourth-order valence-electron chi connectivity index (χ4n) is 1.52. The van der Waals surface area contributed by atoms with Gasteiger partial charge in [-0.15, -0.1) is 0 Å². The second-order valence-electron chi connectivity index (χ2n) is 3.81. The van der Waals surface area contributed by atoms with Crippen molar-refractivity contribution in [3.05, 3.63) is 58.6 Å². The van der Waals surface area contributed by atoms with Gasteiger partial charge in [-0.2, -0.15) is 0 Å². The van der Waals surface area contributed by atoms with E-state index in [1.165, 1.54) is 0 Å². The Kier molecular flexibility index (Phi) is 3.67. The van der Waals surface area contributed by atoms with E-state index in [9.17, 15) is 0 Å². The van der Waals surface area contributed by atoms with Gasteiger partial charge in [-0.1, -0.05) is 29.8 Å². The molecule has 0 aromatic heterocycles. The summed E-state index contributed by atoms with van der Waals surface area (Å²) in [5.41, 5.74) is 7.56. The van der Waals surface area contributed by atoms with Gasteiger partial charge >= 0.3 is 0 Å². The molecule has 0 unspecified atom stereocenters. The molecule has 0 amide bonds. The van der Waals surface area contributed by atoms with Crippen LogP contribution in [0.15, 0.2) is 42.5 Å². The van der Waals surface area contributed by atoms with E-state index >= 15 is 0 Å². The minimum Gasteiger partial charge on any atom is -0.457 e. The third-order valence-electron chi connectivity index (χ3n) is 2.60. The maximum atomic E-state index is 6.03. The molecule has 0 saturated carbocycles. The summed E-state index contributed by atoms with van der Waals surface area (Å²) in [5.74, 6) is 1.56. The van der Waals surface area contributed by atoms with Gasteiger partial charge in [-0.3, -0.25) is 0 Å². The van der Waals surface area contributed by atoms with E-state index in [-0.39, 0.29) is 0 Å². The summed E-state index contributed by atoms with van der Waals surface area (Å²) in [5, 5.41) is 0.709. The number of benzene rings is 2. The van der Waals surface area contributed by atoms with E-state index < -0.39 is 0 Å². The molecule has 2 rings (SSSR count). The highest BCUT2D eigenvalue weighted by atomic mass is 35.5. The zero-order valence-corrected chi connectivity index (χ0v) is 10.4. The van der Waals surface area contributed by atoms with E-state index in [2.05, 4.69) is 0 Å². The molecular formula is C14H14ClNO. The second-order valence-corrected chi connectivity index (χ2v) is 4.22. The van der Waals surface area contributed by atoms with Gasteiger partial charge in [0.15, 0.2) is 0 Å². The molecule has 2 nitrogen and oxygen atoms in total. The van der Waals surface area contributed by atoms with Crippen molar-refractivity contribution < 1.29 is 4.74 Å². The highest BCUT2D eigenvalue weighted by Gasteiger charge is 2.04. The van der Waals surface area contributed by atoms with Crippen LogP contribution in [-0.2, 0) is 6.54 Å². The van der Waals surface area contributed by atoms with Crippen molar-refractivity contribution in [1.29, 1.82) is 0 Å². The van der Waals surface area contributed by atoms with Crippen LogP contribution in [0.25, 0.3) is 0 Å². The Morgan fingerprint density at radius 1 is 1.12 bits per heavy atom. The predicted molar refractivity (Wildman–Crippen MR) is 70.6 cm³/mol. The summed E-state index contributed by atoms with van der Waals surface area (Å²) in [4.78, 5) is 0. The van der Waals surface area contributed by atoms with E-state index in [1.54, 1.807) is 0 Å². The molecule has 2 N–H and O–H groups in total. The lowest BCUT2D eigenvalue weighted by atomic mass is 10.2. The average Bonchev–Trinajstić information content (AvgIpc) is 2.36. The molecule has 0 spiro atoms. The zero-order chi connectivity index (χ0) is 12.3. The maximum absolute atomic E-state index is 6.03. The topological polar surface area (TPSA) is 35.2 Å². The first kappa shape index (κ1) is 12.0. The van der Waals surface area contributed by atoms with Crippen LogP contribution in [0.1, 0.15) is 11.1 Å². The molecular weight excluding hydrogens is 234 g/mol. The Morgan fingerprint density at radius 3 is 2.47 bits per heavy atom. The standard InChI is InChI=1S/C14H14ClNO/c1-10-13(15)3-2-4-14(10)17-12-7-5-11(9-16)6-8-12/h2-8H,9,16H2,1H3. The maximum Gasteiger partial charge on any atom is 0.131 e. The van der Waals surface area contributed by atoms with E-state index in [1.807, 2.05) is 49.4 Å². The normalized spacial score (nSPS) is 10.3. The van der Waals surface area contributed by atoms with E-state index in [0.29, 0.717) is 11.6 Å². The van der Waals surface area contributed by atoms with Crippen LogP contribution in [0.5, 0.6) is 11.5 Å². The number of hydrogen-bond donors (Lipinski definition) is 1. The fourth-order valence-corrected chi connectivity index (χ4v) is 1.68. The zero-order valence-electron chi connectivity index (χ0n) is 9.61. The van der Waals surface area contributed by atoms with Gasteiger partial charge in [0, 0.05) is 17.1 Å². The van der Waals surface area contributed by atoms with Crippen LogP contribution < -0.4 is 10.5 Å². The third-order valence-corrected chi connectivity index (χ3v) is 3.01. The molecule has 2 aromatic carbocycles. The van der Waals surface area contributed by atoms with Crippen molar-refractivity contribution in [2.45, 2.75) is 13.5 Å². The highest BCUT2D eigenvalue weighted by Crippen LogP contribution is 2.29. The Bertz CT molecular complexity index is 508. The molecule has 0 heterocycles. The first-order valence-corrected chi connectivity index (χ1v) is 5.80. The van der Waals surface area contributed by atoms with Gasteiger partial charge in [0.2, 0.25) is 0 Å². The minimum absolute atomic E-state index is 0.538. The molecule has 0 aliphatic heterocycles. The fraction of sp³-hybridized carbons (Fsp3) is 0.143. The van der Waals surface area contributed by atoms with Crippen LogP contribution in [0.4, 0.5) is 0 Å². The summed E-state index contributed by atoms with van der Waals surface area (Å²) >= 11 is 6.03. The molecule has 17 heavy (non-hydrogen) atoms. The van der Waals surface area contributed by atoms with Crippen molar-refractivity contribution in [2.24, 2.45) is 5.73 Å². The molecule has 0 radical (unpaired) electrons. The van der Waals surface area contributed by atoms with Gasteiger partial charge in [0.1, 0.15) is 11.5 Å². The van der Waals surface area contributed by atoms with E-state index in [0.717, 1.165) is 22.6 Å². The van der Waals surface area contributed by atoms with Crippen LogP contribution >= 0.6 is 11.6 Å². The molecule has 2 aromatic rings. The molecule has 0 aliphatic rings. The second kappa shape index (κ2) is 5.21. The van der Waals surface area contributed by atoms with Crippen molar-refractivity contribution in [1.82, 2.24) is 0 Å². The number of halogens is 1. The Morgan fingerprint density at radius 2 is 1.82 bits per heavy atom. The van der Waals surface area contributed by atoms with Crippen LogP contribution in [0.3, 0.4) is 0 Å². The SMILES string of the molecule is Cc1c(Cl)cccc1Oc1ccc(CN)cc1. The Labute approximate surface area is 106 Å². The number of hydrogen-bond acceptors (Lipinski definition) is 2. The monoisotopic (exact) mass is 247 g/mol. The Hall–Kier alpha value is -1.51. The predicted octanol–water partition coefficient (Wildman–Crippen LogP) is 3.90. The smallest absolute Gasteiger partial charge is 0.131 e. The summed E-state index contributed by atoms with van der Waals surface area (Å²) in [6.07, 6.45) is 0. The molecule has 0 atom stereocenters. The first-order valence-electron chi connectivity index (χ1n) is 5.42. The van der Waals surface area contributed by atoms with Crippen molar-refractivity contribution in [2.75, 3.05) is 0 Å². The summed E-state index contributed by atoms with van der Waals surface area (Å²) < 4.78 is 5.76. The molecule has 3 heteroatoms. The summed E-state index contributed by atoms with van der Waals surface area (Å²) in [7, 11) is 0. The van der Waals surface area contributed by atoms with Gasteiger partial charge in [0.25, 0.3) is 0 Å². The number of rotatable bonds is 3. The Balaban J connectivity index is 2.22. The number of ether oxygens (including phenoxy) is 1. The quantitative estimate of drug-likeness (QED) is 0.893. The van der Waals surface area contributed by atoms with Gasteiger partial charge in [-0.05, 0) is 36.8 Å². The number of nitrogens with two attached hydrogens (primary N) is 1. The lowest BCUT2D eigenvalue weighted by Gasteiger charge is -2.09. The van der Waals surface area contributed by atoms with Crippen molar-refractivity contribution >= 4 is 11.6 Å². The molecule has 0 saturated heterocycles. The lowest BCUT2D eigenvalue weighted by Crippen LogP contribution is -1.95. The highest BCUT2D eigenvalue weighted by molar-refractivity contribution is 6.31. The minimum atomic E-state index is 0.538. The largest absolute Gasteiger partial charge is 0.457 e. The molecule has 0 aliphatic carbocycles. The van der Waals surface area contributed by atoms with Gasteiger partial charge in [0.05, 0.1) is 0 Å². The summed E-state index contributed by atoms with van der Waals surface area (Å²) in [6.45, 7) is 2.47. The lowest BCUT2D eigenvalue weighted by molar-refractivity contribution is 0.479. The van der Waals surface area contributed by atoms with Gasteiger partial charge in [-0.25, -0.2) is 0 Å². The van der Waals surface area contributed by atoms with Crippen LogP contribution in [0, 0.1) is 6.92 Å². The van der Waals surface area contributed by atoms with Crippen molar-refractivity contribution in [3.8, 4) is 11.5 Å². The third kappa shape index (κ3) is 2.78. The van der Waals surface area contributed by atoms with Crippen molar-refractivity contribution in [3.63, 3.8) is 0 Å². The van der Waals surface area contributed by atoms with Crippen LogP contribution in [0.2, 0.25) is 5.02 Å². The first-order chi connectivity index (χ1) is 8.20. The van der Waals surface area contributed by atoms with Gasteiger partial charge < -0.3 is 10.5 Å². The average molecular weight is 248 g/mol. The van der Waals surface area contributed by atoms with E-state index in [4.69, 9.17) is 22.1 Å². The molecule has 0 fully saturated rings.